The van der Waals surface area contributed by atoms with Gasteiger partial charge in [0.15, 0.2) is 0 Å². The van der Waals surface area contributed by atoms with E-state index in [9.17, 15) is 9.59 Å². The summed E-state index contributed by atoms with van der Waals surface area (Å²) in [6, 6.07) is 5.98. The fraction of sp³-hybridized carbons (Fsp3) is 0.579. The van der Waals surface area contributed by atoms with Gasteiger partial charge in [-0.1, -0.05) is 12.1 Å². The van der Waals surface area contributed by atoms with Crippen molar-refractivity contribution in [3.63, 3.8) is 0 Å². The molecule has 1 aromatic carbocycles. The van der Waals surface area contributed by atoms with E-state index in [0.717, 1.165) is 42.7 Å². The van der Waals surface area contributed by atoms with E-state index in [1.165, 1.54) is 0 Å². The fourth-order valence-corrected chi connectivity index (χ4v) is 3.70. The number of ether oxygens (including phenoxy) is 1. The first-order chi connectivity index (χ1) is 11.5. The highest BCUT2D eigenvalue weighted by molar-refractivity contribution is 6.00. The molecule has 24 heavy (non-hydrogen) atoms. The number of benzene rings is 1. The highest BCUT2D eigenvalue weighted by Gasteiger charge is 2.38. The molecule has 1 unspecified atom stereocenters. The van der Waals surface area contributed by atoms with Crippen molar-refractivity contribution in [3.8, 4) is 0 Å². The fourth-order valence-electron chi connectivity index (χ4n) is 3.70. The number of piperidine rings is 1. The smallest absolute Gasteiger partial charge is 0.228 e. The summed E-state index contributed by atoms with van der Waals surface area (Å²) in [6.07, 6.45) is 2.33. The summed E-state index contributed by atoms with van der Waals surface area (Å²) in [5.41, 5.74) is 3.21. The number of aryl methyl sites for hydroxylation is 1. The minimum atomic E-state index is -0.225. The minimum Gasteiger partial charge on any atom is -0.381 e. The molecule has 0 saturated carbocycles. The molecule has 2 saturated heterocycles. The first kappa shape index (κ1) is 17.0. The van der Waals surface area contributed by atoms with E-state index in [0.29, 0.717) is 13.0 Å². The highest BCUT2D eigenvalue weighted by Crippen LogP contribution is 2.30. The van der Waals surface area contributed by atoms with Crippen LogP contribution in [0.3, 0.4) is 0 Å². The first-order valence-corrected chi connectivity index (χ1v) is 8.69. The van der Waals surface area contributed by atoms with Crippen LogP contribution in [0.1, 0.15) is 30.4 Å². The lowest BCUT2D eigenvalue weighted by Gasteiger charge is -2.32. The number of carbonyl (C=O) groups excluding carboxylic acids is 2. The van der Waals surface area contributed by atoms with Crippen LogP contribution in [0.15, 0.2) is 18.2 Å². The van der Waals surface area contributed by atoms with Gasteiger partial charge in [0.25, 0.3) is 0 Å². The van der Waals surface area contributed by atoms with Crippen LogP contribution < -0.4 is 4.90 Å². The van der Waals surface area contributed by atoms with E-state index in [1.807, 2.05) is 36.9 Å². The van der Waals surface area contributed by atoms with Crippen LogP contribution in [0.5, 0.6) is 0 Å². The van der Waals surface area contributed by atoms with Gasteiger partial charge in [0.2, 0.25) is 11.8 Å². The van der Waals surface area contributed by atoms with Gasteiger partial charge >= 0.3 is 0 Å². The Hall–Kier alpha value is -1.88. The van der Waals surface area contributed by atoms with E-state index in [4.69, 9.17) is 4.74 Å². The summed E-state index contributed by atoms with van der Waals surface area (Å²) in [4.78, 5) is 28.9. The number of nitrogens with zero attached hydrogens (tertiary/aromatic N) is 2. The van der Waals surface area contributed by atoms with Gasteiger partial charge in [-0.05, 0) is 43.9 Å². The molecule has 2 fully saturated rings. The lowest BCUT2D eigenvalue weighted by Crippen LogP contribution is -2.44. The van der Waals surface area contributed by atoms with Crippen LogP contribution in [0, 0.1) is 19.8 Å². The molecule has 0 spiro atoms. The lowest BCUT2D eigenvalue weighted by atomic mass is 10.0. The summed E-state index contributed by atoms with van der Waals surface area (Å²) in [7, 11) is 1.72. The van der Waals surface area contributed by atoms with E-state index in [1.54, 1.807) is 12.0 Å². The van der Waals surface area contributed by atoms with Crippen molar-refractivity contribution in [2.24, 2.45) is 5.92 Å². The molecule has 130 valence electrons. The van der Waals surface area contributed by atoms with Crippen molar-refractivity contribution in [2.45, 2.75) is 39.2 Å². The molecular formula is C19H26N2O3. The summed E-state index contributed by atoms with van der Waals surface area (Å²) in [5, 5.41) is 0. The molecule has 0 bridgehead atoms. The summed E-state index contributed by atoms with van der Waals surface area (Å²) >= 11 is 0. The zero-order chi connectivity index (χ0) is 17.3. The predicted octanol–water partition coefficient (Wildman–Crippen LogP) is 2.29. The third-order valence-electron chi connectivity index (χ3n) is 5.43. The second kappa shape index (κ2) is 6.93. The number of hydrogen-bond donors (Lipinski definition) is 0. The van der Waals surface area contributed by atoms with E-state index < -0.39 is 0 Å². The monoisotopic (exact) mass is 330 g/mol. The SMILES string of the molecule is COC1CCN(C(=O)C2CC(=O)N(c3cccc(C)c3C)C2)CC1. The van der Waals surface area contributed by atoms with E-state index in [2.05, 4.69) is 0 Å². The maximum Gasteiger partial charge on any atom is 0.228 e. The number of hydrogen-bond acceptors (Lipinski definition) is 3. The maximum absolute atomic E-state index is 12.8. The molecule has 3 rings (SSSR count). The van der Waals surface area contributed by atoms with Crippen LogP contribution >= 0.6 is 0 Å². The van der Waals surface area contributed by atoms with Gasteiger partial charge in [0.1, 0.15) is 0 Å². The average Bonchev–Trinajstić information content (AvgIpc) is 2.98. The Kier molecular flexibility index (Phi) is 4.90. The Bertz CT molecular complexity index is 635. The van der Waals surface area contributed by atoms with E-state index in [-0.39, 0.29) is 23.8 Å². The molecule has 1 atom stereocenters. The molecule has 0 radical (unpaired) electrons. The van der Waals surface area contributed by atoms with Gasteiger partial charge in [-0.3, -0.25) is 9.59 Å². The summed E-state index contributed by atoms with van der Waals surface area (Å²) in [6.45, 7) is 6.02. The van der Waals surface area contributed by atoms with Crippen molar-refractivity contribution in [1.29, 1.82) is 0 Å². The van der Waals surface area contributed by atoms with Gasteiger partial charge in [0, 0.05) is 38.9 Å². The number of methoxy groups -OCH3 is 1. The highest BCUT2D eigenvalue weighted by atomic mass is 16.5. The van der Waals surface area contributed by atoms with Crippen molar-refractivity contribution in [1.82, 2.24) is 4.90 Å². The second-order valence-electron chi connectivity index (χ2n) is 6.88. The quantitative estimate of drug-likeness (QED) is 0.854. The van der Waals surface area contributed by atoms with Gasteiger partial charge in [0.05, 0.1) is 12.0 Å². The lowest BCUT2D eigenvalue weighted by molar-refractivity contribution is -0.138. The van der Waals surface area contributed by atoms with Gasteiger partial charge in [-0.2, -0.15) is 0 Å². The first-order valence-electron chi connectivity index (χ1n) is 8.69. The molecule has 2 amide bonds. The normalized spacial score (nSPS) is 22.3. The second-order valence-corrected chi connectivity index (χ2v) is 6.88. The van der Waals surface area contributed by atoms with Gasteiger partial charge < -0.3 is 14.5 Å². The van der Waals surface area contributed by atoms with Crippen LogP contribution in [0.4, 0.5) is 5.69 Å². The van der Waals surface area contributed by atoms with E-state index >= 15 is 0 Å². The Labute approximate surface area is 143 Å². The zero-order valence-electron chi connectivity index (χ0n) is 14.7. The number of anilines is 1. The summed E-state index contributed by atoms with van der Waals surface area (Å²) in [5.74, 6) is -0.0592. The molecule has 0 aromatic heterocycles. The number of carbonyl (C=O) groups is 2. The summed E-state index contributed by atoms with van der Waals surface area (Å²) < 4.78 is 5.36. The number of amides is 2. The standard InChI is InChI=1S/C19H26N2O3/c1-13-5-4-6-17(14(13)2)21-12-15(11-18(21)22)19(23)20-9-7-16(24-3)8-10-20/h4-6,15-16H,7-12H2,1-3H3. The third kappa shape index (κ3) is 3.18. The van der Waals surface area contributed by atoms with Crippen molar-refractivity contribution in [3.05, 3.63) is 29.3 Å². The Morgan fingerprint density at radius 2 is 1.92 bits per heavy atom. The molecule has 2 aliphatic rings. The largest absolute Gasteiger partial charge is 0.381 e. The molecule has 1 aromatic rings. The number of rotatable bonds is 3. The zero-order valence-corrected chi connectivity index (χ0v) is 14.7. The minimum absolute atomic E-state index is 0.0498. The molecule has 0 aliphatic carbocycles. The Morgan fingerprint density at radius 1 is 1.21 bits per heavy atom. The van der Waals surface area contributed by atoms with Crippen molar-refractivity contribution >= 4 is 17.5 Å². The topological polar surface area (TPSA) is 49.9 Å². The molecule has 2 aliphatic heterocycles. The van der Waals surface area contributed by atoms with Crippen LogP contribution in [0.2, 0.25) is 0 Å². The predicted molar refractivity (Wildman–Crippen MR) is 93.0 cm³/mol. The molecular weight excluding hydrogens is 304 g/mol. The maximum atomic E-state index is 12.8. The van der Waals surface area contributed by atoms with Crippen LogP contribution in [-0.4, -0.2) is 49.6 Å². The van der Waals surface area contributed by atoms with Gasteiger partial charge in [-0.25, -0.2) is 0 Å². The van der Waals surface area contributed by atoms with Crippen molar-refractivity contribution in [2.75, 3.05) is 31.6 Å². The third-order valence-corrected chi connectivity index (χ3v) is 5.43. The van der Waals surface area contributed by atoms with Crippen LogP contribution in [0.25, 0.3) is 0 Å². The number of likely N-dealkylation sites (tertiary alicyclic amines) is 1. The van der Waals surface area contributed by atoms with Gasteiger partial charge in [-0.15, -0.1) is 0 Å². The molecule has 2 heterocycles. The van der Waals surface area contributed by atoms with Crippen LogP contribution in [-0.2, 0) is 14.3 Å². The molecule has 5 heteroatoms. The molecule has 0 N–H and O–H groups in total. The average molecular weight is 330 g/mol. The molecule has 5 nitrogen and oxygen atoms in total. The van der Waals surface area contributed by atoms with Crippen molar-refractivity contribution < 1.29 is 14.3 Å². The Morgan fingerprint density at radius 3 is 2.58 bits per heavy atom. The Balaban J connectivity index is 1.68.